The van der Waals surface area contributed by atoms with Crippen LogP contribution in [0.2, 0.25) is 0 Å². The van der Waals surface area contributed by atoms with Crippen molar-refractivity contribution in [3.8, 4) is 0 Å². The molecule has 1 N–H and O–H groups in total. The fourth-order valence-electron chi connectivity index (χ4n) is 0.613. The first-order chi connectivity index (χ1) is 8.44. The number of halogens is 4. The second kappa shape index (κ2) is 8.36. The Morgan fingerprint density at radius 1 is 1.11 bits per heavy atom. The normalized spacial score (nSPS) is 14.6. The van der Waals surface area contributed by atoms with Crippen molar-refractivity contribution in [2.24, 2.45) is 0 Å². The van der Waals surface area contributed by atoms with Crippen LogP contribution in [0.5, 0.6) is 0 Å². The molecule has 0 amide bonds. The Kier molecular flexibility index (Phi) is 9.39. The molecule has 0 rings (SSSR count). The molecule has 0 bridgehead atoms. The van der Waals surface area contributed by atoms with Gasteiger partial charge in [-0.05, 0) is 0 Å². The maximum atomic E-state index is 11.7. The lowest BCUT2D eigenvalue weighted by Gasteiger charge is -2.19. The molecule has 0 aliphatic rings. The molecule has 0 aliphatic heterocycles. The molecule has 0 aromatic heterocycles. The van der Waals surface area contributed by atoms with Crippen molar-refractivity contribution in [3.63, 3.8) is 0 Å². The summed E-state index contributed by atoms with van der Waals surface area (Å²) >= 11 is 4.10. The highest BCUT2D eigenvalue weighted by Gasteiger charge is 2.52. The zero-order chi connectivity index (χ0) is 15.9. The predicted molar refractivity (Wildman–Crippen MR) is 61.0 cm³/mol. The van der Waals surface area contributed by atoms with Gasteiger partial charge in [-0.2, -0.15) is 17.2 Å². The molecular formula is C6H14ClF3O7SSi. The predicted octanol–water partition coefficient (Wildman–Crippen LogP) is 1.01. The van der Waals surface area contributed by atoms with E-state index in [2.05, 4.69) is 11.6 Å². The fraction of sp³-hybridized carbons (Fsp3) is 1.00. The number of hydrogen-bond acceptors (Lipinski definition) is 6. The van der Waals surface area contributed by atoms with Crippen LogP contribution in [0, 0.1) is 0 Å². The standard InChI is InChI=1S/C4H12O4Si.C2H2ClF3O3S/c1-5-9(6-2,7-3)8-4;3-1(4)2(5,6)10(7,8)9/h1-4H3;1H,(H,7,8,9). The summed E-state index contributed by atoms with van der Waals surface area (Å²) in [4.78, 5) is 0. The quantitative estimate of drug-likeness (QED) is 0.434. The van der Waals surface area contributed by atoms with E-state index >= 15 is 0 Å². The van der Waals surface area contributed by atoms with E-state index in [1.165, 1.54) is 28.4 Å². The number of alkyl halides is 4. The molecule has 13 heteroatoms. The topological polar surface area (TPSA) is 91.3 Å². The van der Waals surface area contributed by atoms with Crippen LogP contribution in [0.15, 0.2) is 0 Å². The fourth-order valence-corrected chi connectivity index (χ4v) is 2.18. The summed E-state index contributed by atoms with van der Waals surface area (Å²) in [6.45, 7) is 0. The minimum absolute atomic E-state index is 1.49. The molecule has 0 aromatic carbocycles. The molecule has 19 heavy (non-hydrogen) atoms. The molecule has 0 aliphatic carbocycles. The summed E-state index contributed by atoms with van der Waals surface area (Å²) < 4.78 is 81.1. The average molecular weight is 351 g/mol. The second-order valence-electron chi connectivity index (χ2n) is 2.65. The molecule has 1 atom stereocenters. The Morgan fingerprint density at radius 2 is 1.37 bits per heavy atom. The van der Waals surface area contributed by atoms with Crippen molar-refractivity contribution in [1.82, 2.24) is 0 Å². The van der Waals surface area contributed by atoms with Gasteiger partial charge in [0.2, 0.25) is 0 Å². The summed E-state index contributed by atoms with van der Waals surface area (Å²) in [6, 6.07) is 0. The van der Waals surface area contributed by atoms with Gasteiger partial charge in [0.15, 0.2) is 0 Å². The Hall–Kier alpha value is 0.0469. The van der Waals surface area contributed by atoms with Crippen molar-refractivity contribution < 1.29 is 43.8 Å². The van der Waals surface area contributed by atoms with Crippen molar-refractivity contribution in [2.75, 3.05) is 28.4 Å². The first-order valence-electron chi connectivity index (χ1n) is 4.27. The summed E-state index contributed by atoms with van der Waals surface area (Å²) in [5.41, 5.74) is -3.44. The molecule has 118 valence electrons. The van der Waals surface area contributed by atoms with Crippen LogP contribution in [0.3, 0.4) is 0 Å². The minimum Gasteiger partial charge on any atom is -0.355 e. The van der Waals surface area contributed by atoms with Gasteiger partial charge < -0.3 is 17.7 Å². The summed E-state index contributed by atoms with van der Waals surface area (Å²) in [5.74, 6) is 0. The Bertz CT molecular complexity index is 331. The summed E-state index contributed by atoms with van der Waals surface area (Å²) in [6.07, 6.45) is 0. The zero-order valence-corrected chi connectivity index (χ0v) is 13.0. The highest BCUT2D eigenvalue weighted by atomic mass is 35.5. The smallest absolute Gasteiger partial charge is 0.355 e. The first-order valence-corrected chi connectivity index (χ1v) is 7.78. The van der Waals surface area contributed by atoms with Crippen LogP contribution in [0.1, 0.15) is 0 Å². The third-order valence-electron chi connectivity index (χ3n) is 1.60. The van der Waals surface area contributed by atoms with E-state index in [1.54, 1.807) is 0 Å². The van der Waals surface area contributed by atoms with E-state index in [9.17, 15) is 21.6 Å². The third-order valence-corrected chi connectivity index (χ3v) is 4.90. The molecular weight excluding hydrogens is 337 g/mol. The van der Waals surface area contributed by atoms with E-state index in [4.69, 9.17) is 22.3 Å². The van der Waals surface area contributed by atoms with Gasteiger partial charge in [-0.25, -0.2) is 4.39 Å². The molecule has 0 heterocycles. The van der Waals surface area contributed by atoms with Gasteiger partial charge in [0.25, 0.3) is 5.63 Å². The van der Waals surface area contributed by atoms with Gasteiger partial charge in [0.1, 0.15) is 0 Å². The highest BCUT2D eigenvalue weighted by molar-refractivity contribution is 7.87. The van der Waals surface area contributed by atoms with Crippen LogP contribution in [-0.2, 0) is 27.8 Å². The summed E-state index contributed by atoms with van der Waals surface area (Å²) in [5, 5.41) is -4.94. The summed E-state index contributed by atoms with van der Waals surface area (Å²) in [7, 11) is -2.48. The van der Waals surface area contributed by atoms with E-state index in [0.717, 1.165) is 0 Å². The van der Waals surface area contributed by atoms with E-state index in [-0.39, 0.29) is 0 Å². The average Bonchev–Trinajstić information content (AvgIpc) is 2.32. The maximum Gasteiger partial charge on any atom is 0.678 e. The molecule has 0 saturated carbocycles. The zero-order valence-electron chi connectivity index (χ0n) is 10.4. The second-order valence-corrected chi connectivity index (χ2v) is 7.16. The molecule has 0 radical (unpaired) electrons. The molecule has 0 spiro atoms. The molecule has 0 aromatic rings. The number of rotatable bonds is 6. The number of hydrogen-bond donors (Lipinski definition) is 1. The lowest BCUT2D eigenvalue weighted by molar-refractivity contribution is 0.0226. The van der Waals surface area contributed by atoms with Gasteiger partial charge in [-0.3, -0.25) is 4.55 Å². The van der Waals surface area contributed by atoms with Gasteiger partial charge in [-0.1, -0.05) is 11.6 Å². The molecule has 1 unspecified atom stereocenters. The Morgan fingerprint density at radius 3 is 1.37 bits per heavy atom. The largest absolute Gasteiger partial charge is 0.678 e. The Labute approximate surface area is 114 Å². The van der Waals surface area contributed by atoms with E-state index < -0.39 is 30.1 Å². The first kappa shape index (κ1) is 21.3. The van der Waals surface area contributed by atoms with Crippen LogP contribution in [-0.4, -0.2) is 61.3 Å². The van der Waals surface area contributed by atoms with Crippen molar-refractivity contribution in [2.45, 2.75) is 10.9 Å². The van der Waals surface area contributed by atoms with Crippen molar-refractivity contribution >= 4 is 30.8 Å². The molecule has 7 nitrogen and oxygen atoms in total. The van der Waals surface area contributed by atoms with E-state index in [0.29, 0.717) is 0 Å². The maximum absolute atomic E-state index is 11.7. The minimum atomic E-state index is -5.74. The van der Waals surface area contributed by atoms with Crippen molar-refractivity contribution in [3.05, 3.63) is 0 Å². The Balaban J connectivity index is 0. The van der Waals surface area contributed by atoms with Gasteiger partial charge in [0, 0.05) is 28.4 Å². The van der Waals surface area contributed by atoms with Crippen LogP contribution >= 0.6 is 11.6 Å². The van der Waals surface area contributed by atoms with Gasteiger partial charge >= 0.3 is 24.4 Å². The van der Waals surface area contributed by atoms with Crippen LogP contribution in [0.4, 0.5) is 13.2 Å². The lowest BCUT2D eigenvalue weighted by atomic mass is 10.8. The van der Waals surface area contributed by atoms with Crippen LogP contribution in [0.25, 0.3) is 0 Å². The molecule has 0 saturated heterocycles. The van der Waals surface area contributed by atoms with Gasteiger partial charge in [-0.15, -0.1) is 0 Å². The van der Waals surface area contributed by atoms with Crippen LogP contribution < -0.4 is 0 Å². The lowest BCUT2D eigenvalue weighted by Crippen LogP contribution is -2.45. The SMILES string of the molecule is CO[Si](OC)(OC)OC.O=S(=O)(O)C(F)(F)C(F)Cl. The highest BCUT2D eigenvalue weighted by Crippen LogP contribution is 2.29. The van der Waals surface area contributed by atoms with Gasteiger partial charge in [0.05, 0.1) is 0 Å². The third kappa shape index (κ3) is 6.35. The van der Waals surface area contributed by atoms with E-state index in [1.807, 2.05) is 0 Å². The molecule has 0 fully saturated rings. The monoisotopic (exact) mass is 350 g/mol. The van der Waals surface area contributed by atoms with Crippen molar-refractivity contribution in [1.29, 1.82) is 0 Å².